The molecule has 0 aromatic carbocycles. The van der Waals surface area contributed by atoms with Crippen molar-refractivity contribution in [1.29, 1.82) is 0 Å². The van der Waals surface area contributed by atoms with Crippen molar-refractivity contribution in [3.8, 4) is 0 Å². The highest BCUT2D eigenvalue weighted by molar-refractivity contribution is 7.51. The van der Waals surface area contributed by atoms with E-state index in [1.165, 1.54) is 6.66 Å². The molecule has 1 aliphatic carbocycles. The van der Waals surface area contributed by atoms with Crippen molar-refractivity contribution in [2.45, 2.75) is 32.1 Å². The molecule has 0 fully saturated rings. The lowest BCUT2D eigenvalue weighted by molar-refractivity contribution is -0.117. The van der Waals surface area contributed by atoms with E-state index < -0.39 is 7.60 Å². The number of carbonyl (C=O) groups is 1. The molecule has 0 saturated heterocycles. The zero-order valence-electron chi connectivity index (χ0n) is 11.3. The number of hydrogen-bond donors (Lipinski definition) is 2. The van der Waals surface area contributed by atoms with Gasteiger partial charge in [0.25, 0.3) is 0 Å². The van der Waals surface area contributed by atoms with E-state index in [-0.39, 0.29) is 5.91 Å². The van der Waals surface area contributed by atoms with Gasteiger partial charge in [0.05, 0.1) is 6.61 Å². The molecule has 0 spiro atoms. The zero-order valence-corrected chi connectivity index (χ0v) is 12.2. The van der Waals surface area contributed by atoms with E-state index in [2.05, 4.69) is 5.32 Å². The van der Waals surface area contributed by atoms with Crippen LogP contribution in [0.5, 0.6) is 0 Å². The molecule has 19 heavy (non-hydrogen) atoms. The number of unbranched alkanes of at least 4 members (excludes halogenated alkanes) is 3. The van der Waals surface area contributed by atoms with Crippen molar-refractivity contribution < 1.29 is 18.8 Å². The summed E-state index contributed by atoms with van der Waals surface area (Å²) in [7, 11) is -3.32. The van der Waals surface area contributed by atoms with Crippen LogP contribution in [-0.2, 0) is 13.9 Å². The minimum atomic E-state index is -3.32. The predicted octanol–water partition coefficient (Wildman–Crippen LogP) is 2.38. The van der Waals surface area contributed by atoms with Crippen molar-refractivity contribution in [3.63, 3.8) is 0 Å². The van der Waals surface area contributed by atoms with Gasteiger partial charge < -0.3 is 14.7 Å². The first-order valence-corrected chi connectivity index (χ1v) is 8.60. The van der Waals surface area contributed by atoms with Crippen LogP contribution in [0.1, 0.15) is 32.1 Å². The van der Waals surface area contributed by atoms with Crippen LogP contribution >= 0.6 is 7.60 Å². The smallest absolute Gasteiger partial charge is 0.325 e. The first-order chi connectivity index (χ1) is 8.99. The minimum Gasteiger partial charge on any atom is -0.352 e. The molecule has 1 atom stereocenters. The normalized spacial score (nSPS) is 17.1. The highest BCUT2D eigenvalue weighted by Gasteiger charge is 2.09. The van der Waals surface area contributed by atoms with Crippen LogP contribution in [0.4, 0.5) is 0 Å². The number of allylic oxidation sites excluding steroid dienone is 3. The molecule has 0 aromatic rings. The highest BCUT2D eigenvalue weighted by atomic mass is 31.2. The maximum absolute atomic E-state index is 11.6. The lowest BCUT2D eigenvalue weighted by Gasteiger charge is -2.07. The van der Waals surface area contributed by atoms with E-state index in [0.29, 0.717) is 13.2 Å². The van der Waals surface area contributed by atoms with Crippen LogP contribution in [0.3, 0.4) is 0 Å². The fourth-order valence-electron chi connectivity index (χ4n) is 1.75. The maximum Gasteiger partial charge on any atom is 0.325 e. The van der Waals surface area contributed by atoms with Crippen molar-refractivity contribution in [1.82, 2.24) is 5.32 Å². The number of nitrogens with one attached hydrogen (secondary N) is 1. The Morgan fingerprint density at radius 3 is 2.79 bits per heavy atom. The Labute approximate surface area is 114 Å². The standard InChI is InChI=1S/C13H22NO4P/c1-19(16,17)18-11-7-3-2-6-10-14-13(15)12-8-4-5-9-12/h4-5,8H,2-3,6-7,9-11H2,1H3,(H,14,15)(H,16,17). The Bertz CT molecular complexity index is 397. The molecule has 6 heteroatoms. The summed E-state index contributed by atoms with van der Waals surface area (Å²) in [6.07, 6.45) is 9.99. The summed E-state index contributed by atoms with van der Waals surface area (Å²) in [6.45, 7) is 2.17. The minimum absolute atomic E-state index is 0.0144. The zero-order chi connectivity index (χ0) is 14.1. The Kier molecular flexibility index (Phi) is 7.06. The summed E-state index contributed by atoms with van der Waals surface area (Å²) in [5, 5.41) is 2.88. The van der Waals surface area contributed by atoms with Gasteiger partial charge in [-0.3, -0.25) is 9.36 Å². The van der Waals surface area contributed by atoms with E-state index in [1.54, 1.807) is 0 Å². The second-order valence-corrected chi connectivity index (χ2v) is 6.49. The first-order valence-electron chi connectivity index (χ1n) is 6.58. The molecule has 0 aromatic heterocycles. The number of hydrogen-bond acceptors (Lipinski definition) is 3. The molecule has 0 bridgehead atoms. The summed E-state index contributed by atoms with van der Waals surface area (Å²) < 4.78 is 15.6. The monoisotopic (exact) mass is 287 g/mol. The number of amides is 1. The van der Waals surface area contributed by atoms with Crippen molar-refractivity contribution >= 4 is 13.5 Å². The van der Waals surface area contributed by atoms with Gasteiger partial charge in [-0.15, -0.1) is 0 Å². The SMILES string of the molecule is CP(=O)(O)OCCCCCCNC(=O)C1=CC=CC1. The molecule has 1 aliphatic rings. The van der Waals surface area contributed by atoms with E-state index >= 15 is 0 Å². The van der Waals surface area contributed by atoms with Gasteiger partial charge in [-0.2, -0.15) is 0 Å². The van der Waals surface area contributed by atoms with Crippen molar-refractivity contribution in [2.75, 3.05) is 19.8 Å². The molecule has 0 aliphatic heterocycles. The van der Waals surface area contributed by atoms with E-state index in [4.69, 9.17) is 9.42 Å². The third-order valence-electron chi connectivity index (χ3n) is 2.75. The molecule has 1 amide bonds. The summed E-state index contributed by atoms with van der Waals surface area (Å²) in [6, 6.07) is 0. The molecule has 2 N–H and O–H groups in total. The van der Waals surface area contributed by atoms with Gasteiger partial charge in [-0.05, 0) is 19.3 Å². The molecule has 0 saturated carbocycles. The molecular formula is C13H22NO4P. The number of carbonyl (C=O) groups excluding carboxylic acids is 1. The predicted molar refractivity (Wildman–Crippen MR) is 75.0 cm³/mol. The molecule has 0 radical (unpaired) electrons. The number of rotatable bonds is 9. The van der Waals surface area contributed by atoms with Crippen LogP contribution in [-0.4, -0.2) is 30.6 Å². The Balaban J connectivity index is 1.91. The fourth-order valence-corrected chi connectivity index (χ4v) is 2.21. The van der Waals surface area contributed by atoms with Gasteiger partial charge in [0.1, 0.15) is 0 Å². The van der Waals surface area contributed by atoms with E-state index in [9.17, 15) is 9.36 Å². The Morgan fingerprint density at radius 2 is 2.16 bits per heavy atom. The van der Waals surface area contributed by atoms with Gasteiger partial charge in [-0.1, -0.05) is 31.1 Å². The van der Waals surface area contributed by atoms with Gasteiger partial charge in [-0.25, -0.2) is 0 Å². The van der Waals surface area contributed by atoms with Gasteiger partial charge in [0.15, 0.2) is 0 Å². The third kappa shape index (κ3) is 7.98. The summed E-state index contributed by atoms with van der Waals surface area (Å²) in [4.78, 5) is 20.5. The van der Waals surface area contributed by atoms with Crippen LogP contribution in [0.2, 0.25) is 0 Å². The Morgan fingerprint density at radius 1 is 1.42 bits per heavy atom. The maximum atomic E-state index is 11.6. The van der Waals surface area contributed by atoms with Crippen molar-refractivity contribution in [3.05, 3.63) is 23.8 Å². The molecule has 5 nitrogen and oxygen atoms in total. The second-order valence-electron chi connectivity index (χ2n) is 4.63. The quantitative estimate of drug-likeness (QED) is 0.504. The average Bonchev–Trinajstić information content (AvgIpc) is 2.84. The second kappa shape index (κ2) is 8.31. The third-order valence-corrected chi connectivity index (χ3v) is 3.41. The average molecular weight is 287 g/mol. The van der Waals surface area contributed by atoms with Gasteiger partial charge in [0.2, 0.25) is 5.91 Å². The molecular weight excluding hydrogens is 265 g/mol. The van der Waals surface area contributed by atoms with Crippen molar-refractivity contribution in [2.24, 2.45) is 0 Å². The highest BCUT2D eigenvalue weighted by Crippen LogP contribution is 2.36. The van der Waals surface area contributed by atoms with Crippen LogP contribution < -0.4 is 5.32 Å². The fraction of sp³-hybridized carbons (Fsp3) is 0.615. The summed E-state index contributed by atoms with van der Waals surface area (Å²) >= 11 is 0. The lowest BCUT2D eigenvalue weighted by Crippen LogP contribution is -2.25. The molecule has 0 heterocycles. The van der Waals surface area contributed by atoms with Crippen LogP contribution in [0, 0.1) is 0 Å². The molecule has 108 valence electrons. The topological polar surface area (TPSA) is 75.6 Å². The first kappa shape index (κ1) is 16.2. The summed E-state index contributed by atoms with van der Waals surface area (Å²) in [5.74, 6) is 0.0144. The summed E-state index contributed by atoms with van der Waals surface area (Å²) in [5.41, 5.74) is 0.815. The molecule has 1 unspecified atom stereocenters. The van der Waals surface area contributed by atoms with Gasteiger partial charge >= 0.3 is 7.60 Å². The van der Waals surface area contributed by atoms with E-state index in [0.717, 1.165) is 37.7 Å². The van der Waals surface area contributed by atoms with Crippen LogP contribution in [0.25, 0.3) is 0 Å². The molecule has 1 rings (SSSR count). The Hall–Kier alpha value is -0.900. The van der Waals surface area contributed by atoms with Crippen LogP contribution in [0.15, 0.2) is 23.8 Å². The lowest BCUT2D eigenvalue weighted by atomic mass is 10.2. The van der Waals surface area contributed by atoms with Gasteiger partial charge in [0, 0.05) is 18.8 Å². The van der Waals surface area contributed by atoms with E-state index in [1.807, 2.05) is 18.2 Å². The largest absolute Gasteiger partial charge is 0.352 e.